The van der Waals surface area contributed by atoms with Crippen LogP contribution in [0.5, 0.6) is 0 Å². The molecule has 134 valence electrons. The first-order valence-corrected chi connectivity index (χ1v) is 9.99. The Morgan fingerprint density at radius 3 is 2.63 bits per heavy atom. The molecule has 0 bridgehead atoms. The minimum absolute atomic E-state index is 0.166. The van der Waals surface area contributed by atoms with E-state index in [4.69, 9.17) is 4.42 Å². The Morgan fingerprint density at radius 1 is 1.04 bits per heavy atom. The number of aliphatic imine (C=N–C) groups is 1. The summed E-state index contributed by atoms with van der Waals surface area (Å²) in [7, 11) is 0. The predicted octanol–water partition coefficient (Wildman–Crippen LogP) is 5.63. The second-order valence-electron chi connectivity index (χ2n) is 5.84. The average Bonchev–Trinajstić information content (AvgIpc) is 3.24. The van der Waals surface area contributed by atoms with Gasteiger partial charge in [0.2, 0.25) is 0 Å². The van der Waals surface area contributed by atoms with E-state index in [0.29, 0.717) is 15.8 Å². The molecule has 0 spiro atoms. The van der Waals surface area contributed by atoms with Gasteiger partial charge in [0.1, 0.15) is 5.76 Å². The first kappa shape index (κ1) is 17.7. The quantitative estimate of drug-likeness (QED) is 0.585. The summed E-state index contributed by atoms with van der Waals surface area (Å²) >= 11 is 2.86. The molecule has 1 N–H and O–H groups in total. The number of aryl methyl sites for hydroxylation is 1. The summed E-state index contributed by atoms with van der Waals surface area (Å²) in [5, 5.41) is 4.16. The molecule has 1 aromatic heterocycles. The number of thioether (sulfide) groups is 1. The van der Waals surface area contributed by atoms with Crippen LogP contribution in [-0.4, -0.2) is 11.1 Å². The van der Waals surface area contributed by atoms with Gasteiger partial charge in [0, 0.05) is 11.0 Å². The highest BCUT2D eigenvalue weighted by molar-refractivity contribution is 8.18. The normalized spacial score (nSPS) is 16.9. The highest BCUT2D eigenvalue weighted by atomic mass is 32.2. The van der Waals surface area contributed by atoms with Crippen LogP contribution in [0.4, 0.5) is 5.69 Å². The summed E-state index contributed by atoms with van der Waals surface area (Å²) in [5.41, 5.74) is 1.91. The van der Waals surface area contributed by atoms with Gasteiger partial charge in [-0.3, -0.25) is 4.79 Å². The highest BCUT2D eigenvalue weighted by Gasteiger charge is 2.24. The van der Waals surface area contributed by atoms with Crippen molar-refractivity contribution in [3.8, 4) is 0 Å². The SMILES string of the molecule is Cc1ccccc1N=C1NC(=O)/C(=C/c2ccc(Sc3ccccc3)o2)S1. The zero-order valence-electron chi connectivity index (χ0n) is 14.5. The van der Waals surface area contributed by atoms with Crippen LogP contribution in [0.3, 0.4) is 0 Å². The summed E-state index contributed by atoms with van der Waals surface area (Å²) in [6.45, 7) is 1.99. The zero-order valence-corrected chi connectivity index (χ0v) is 16.1. The number of nitrogens with one attached hydrogen (secondary N) is 1. The molecule has 1 saturated heterocycles. The maximum atomic E-state index is 12.2. The van der Waals surface area contributed by atoms with Crippen molar-refractivity contribution < 1.29 is 9.21 Å². The standard InChI is InChI=1S/C21H16N2O2S2/c1-14-7-5-6-10-17(14)22-21-23-20(24)18(27-21)13-15-11-12-19(25-15)26-16-8-3-2-4-9-16/h2-13H,1H3,(H,22,23,24)/b18-13-. The lowest BCUT2D eigenvalue weighted by molar-refractivity contribution is -0.115. The summed E-state index contributed by atoms with van der Waals surface area (Å²) in [5.74, 6) is 0.476. The lowest BCUT2D eigenvalue weighted by atomic mass is 10.2. The fourth-order valence-electron chi connectivity index (χ4n) is 2.48. The third kappa shape index (κ3) is 4.35. The molecule has 4 nitrogen and oxygen atoms in total. The van der Waals surface area contributed by atoms with E-state index in [1.165, 1.54) is 11.8 Å². The van der Waals surface area contributed by atoms with Crippen molar-refractivity contribution in [2.45, 2.75) is 16.9 Å². The first-order chi connectivity index (χ1) is 13.2. The van der Waals surface area contributed by atoms with E-state index in [2.05, 4.69) is 10.3 Å². The van der Waals surface area contributed by atoms with Gasteiger partial charge in [0.25, 0.3) is 5.91 Å². The molecule has 6 heteroatoms. The van der Waals surface area contributed by atoms with Crippen LogP contribution in [0.2, 0.25) is 0 Å². The van der Waals surface area contributed by atoms with Crippen molar-refractivity contribution in [1.82, 2.24) is 5.32 Å². The Balaban J connectivity index is 1.50. The van der Waals surface area contributed by atoms with Crippen molar-refractivity contribution in [2.75, 3.05) is 0 Å². The fourth-order valence-corrected chi connectivity index (χ4v) is 4.09. The van der Waals surface area contributed by atoms with Crippen molar-refractivity contribution in [1.29, 1.82) is 0 Å². The van der Waals surface area contributed by atoms with E-state index >= 15 is 0 Å². The van der Waals surface area contributed by atoms with Gasteiger partial charge in [-0.25, -0.2) is 4.99 Å². The molecule has 0 saturated carbocycles. The number of benzene rings is 2. The summed E-state index contributed by atoms with van der Waals surface area (Å²) in [4.78, 5) is 18.4. The lowest BCUT2D eigenvalue weighted by Gasteiger charge is -1.99. The number of nitrogens with zero attached hydrogens (tertiary/aromatic N) is 1. The Hall–Kier alpha value is -2.70. The van der Waals surface area contributed by atoms with Crippen LogP contribution < -0.4 is 5.32 Å². The topological polar surface area (TPSA) is 54.6 Å². The third-order valence-electron chi connectivity index (χ3n) is 3.83. The minimum Gasteiger partial charge on any atom is -0.450 e. The predicted molar refractivity (Wildman–Crippen MR) is 111 cm³/mol. The largest absolute Gasteiger partial charge is 0.450 e. The van der Waals surface area contributed by atoms with Crippen LogP contribution >= 0.6 is 23.5 Å². The van der Waals surface area contributed by atoms with Crippen molar-refractivity contribution in [3.63, 3.8) is 0 Å². The van der Waals surface area contributed by atoms with Gasteiger partial charge in [-0.2, -0.15) is 0 Å². The average molecular weight is 393 g/mol. The molecule has 2 aromatic carbocycles. The Bertz CT molecular complexity index is 1040. The summed E-state index contributed by atoms with van der Waals surface area (Å²) in [6.07, 6.45) is 1.75. The molecule has 0 aliphatic carbocycles. The highest BCUT2D eigenvalue weighted by Crippen LogP contribution is 2.32. The van der Waals surface area contributed by atoms with Crippen LogP contribution in [-0.2, 0) is 4.79 Å². The van der Waals surface area contributed by atoms with E-state index in [1.54, 1.807) is 17.8 Å². The van der Waals surface area contributed by atoms with E-state index in [1.807, 2.05) is 73.7 Å². The van der Waals surface area contributed by atoms with E-state index in [0.717, 1.165) is 21.2 Å². The van der Waals surface area contributed by atoms with Gasteiger partial charge in [-0.1, -0.05) is 48.2 Å². The number of para-hydroxylation sites is 1. The van der Waals surface area contributed by atoms with E-state index in [-0.39, 0.29) is 5.91 Å². The Morgan fingerprint density at radius 2 is 1.81 bits per heavy atom. The van der Waals surface area contributed by atoms with Gasteiger partial charge >= 0.3 is 0 Å². The molecular weight excluding hydrogens is 376 g/mol. The number of amides is 1. The number of amidine groups is 1. The summed E-state index contributed by atoms with van der Waals surface area (Å²) < 4.78 is 5.82. The van der Waals surface area contributed by atoms with Crippen LogP contribution in [0, 0.1) is 6.92 Å². The monoisotopic (exact) mass is 392 g/mol. The molecule has 0 atom stereocenters. The minimum atomic E-state index is -0.166. The third-order valence-corrected chi connectivity index (χ3v) is 5.66. The molecule has 27 heavy (non-hydrogen) atoms. The molecule has 1 aliphatic heterocycles. The first-order valence-electron chi connectivity index (χ1n) is 8.35. The molecule has 1 aliphatic rings. The Kier molecular flexibility index (Phi) is 5.18. The molecule has 0 radical (unpaired) electrons. The maximum absolute atomic E-state index is 12.2. The number of hydrogen-bond acceptors (Lipinski definition) is 5. The van der Waals surface area contributed by atoms with Crippen LogP contribution in [0.15, 0.2) is 91.0 Å². The summed E-state index contributed by atoms with van der Waals surface area (Å²) in [6, 6.07) is 21.6. The van der Waals surface area contributed by atoms with E-state index < -0.39 is 0 Å². The zero-order chi connectivity index (χ0) is 18.6. The molecule has 2 heterocycles. The van der Waals surface area contributed by atoms with Crippen molar-refractivity contribution in [2.24, 2.45) is 4.99 Å². The molecular formula is C21H16N2O2S2. The van der Waals surface area contributed by atoms with Gasteiger partial charge in [-0.05, 0) is 54.6 Å². The van der Waals surface area contributed by atoms with Gasteiger partial charge in [-0.15, -0.1) is 0 Å². The smallest absolute Gasteiger partial charge is 0.264 e. The number of hydrogen-bond donors (Lipinski definition) is 1. The van der Waals surface area contributed by atoms with Gasteiger partial charge in [0.05, 0.1) is 10.6 Å². The second-order valence-corrected chi connectivity index (χ2v) is 7.95. The molecule has 4 rings (SSSR count). The van der Waals surface area contributed by atoms with Gasteiger partial charge < -0.3 is 9.73 Å². The number of rotatable bonds is 4. The molecule has 3 aromatic rings. The maximum Gasteiger partial charge on any atom is 0.264 e. The fraction of sp³-hybridized carbons (Fsp3) is 0.0476. The van der Waals surface area contributed by atoms with Crippen molar-refractivity contribution in [3.05, 3.63) is 83.0 Å². The van der Waals surface area contributed by atoms with Crippen LogP contribution in [0.1, 0.15) is 11.3 Å². The Labute approximate surface area is 165 Å². The molecule has 0 unspecified atom stereocenters. The second kappa shape index (κ2) is 7.90. The van der Waals surface area contributed by atoms with E-state index in [9.17, 15) is 4.79 Å². The van der Waals surface area contributed by atoms with Gasteiger partial charge in [0.15, 0.2) is 10.3 Å². The molecule has 1 fully saturated rings. The number of carbonyl (C=O) groups excluding carboxylic acids is 1. The molecule has 1 amide bonds. The van der Waals surface area contributed by atoms with Crippen molar-refractivity contribution >= 4 is 46.4 Å². The number of carbonyl (C=O) groups is 1. The van der Waals surface area contributed by atoms with Crippen LogP contribution in [0.25, 0.3) is 6.08 Å². The lowest BCUT2D eigenvalue weighted by Crippen LogP contribution is -2.19. The number of furan rings is 1.